The first-order chi connectivity index (χ1) is 20.6. The number of anilines is 1. The minimum atomic E-state index is -4.75. The quantitative estimate of drug-likeness (QED) is 0.233. The summed E-state index contributed by atoms with van der Waals surface area (Å²) in [5.74, 6) is 1.03. The molecule has 0 radical (unpaired) electrons. The van der Waals surface area contributed by atoms with E-state index in [9.17, 15) is 18.0 Å². The molecule has 2 heterocycles. The van der Waals surface area contributed by atoms with Gasteiger partial charge < -0.3 is 15.0 Å². The van der Waals surface area contributed by atoms with E-state index in [1.165, 1.54) is 40.8 Å². The van der Waals surface area contributed by atoms with Crippen molar-refractivity contribution in [2.45, 2.75) is 52.1 Å². The number of halogens is 3. The van der Waals surface area contributed by atoms with Crippen LogP contribution in [0.4, 0.5) is 23.7 Å². The standard InChI is InChI=1S/C31H31F3N6O2S/c1-4-22-7-5-6-8-27(22)40-20(2)17-18-43-30(40)37-29(41)36-21(3)23-9-11-24(12-10-23)28-35-19-39(38-28)25-13-15-26(16-14-25)42-31(32,33)34/h5-16,19-21H,4,17-18H2,1-3H3,(H,36,41)/b37-30-. The largest absolute Gasteiger partial charge is 0.573 e. The molecule has 1 aliphatic heterocycles. The first-order valence-electron chi connectivity index (χ1n) is 13.9. The van der Waals surface area contributed by atoms with Crippen LogP contribution >= 0.6 is 11.8 Å². The molecule has 1 aromatic heterocycles. The Morgan fingerprint density at radius 1 is 1.12 bits per heavy atom. The van der Waals surface area contributed by atoms with Crippen molar-refractivity contribution in [1.29, 1.82) is 0 Å². The molecule has 0 spiro atoms. The van der Waals surface area contributed by atoms with E-state index >= 15 is 0 Å². The van der Waals surface area contributed by atoms with Crippen molar-refractivity contribution in [2.24, 2.45) is 4.99 Å². The van der Waals surface area contributed by atoms with Gasteiger partial charge in [0.25, 0.3) is 0 Å². The summed E-state index contributed by atoms with van der Waals surface area (Å²) in [6, 6.07) is 20.6. The number of amides is 2. The van der Waals surface area contributed by atoms with Gasteiger partial charge in [0.05, 0.1) is 11.7 Å². The third-order valence-corrected chi connectivity index (χ3v) is 8.06. The Bertz CT molecular complexity index is 1590. The molecule has 1 fully saturated rings. The number of hydrogen-bond donors (Lipinski definition) is 1. The Balaban J connectivity index is 1.25. The average molecular weight is 609 g/mol. The lowest BCUT2D eigenvalue weighted by Gasteiger charge is -2.36. The van der Waals surface area contributed by atoms with Crippen molar-refractivity contribution in [1.82, 2.24) is 20.1 Å². The molecular formula is C31H31F3N6O2S. The number of nitrogens with zero attached hydrogens (tertiary/aromatic N) is 5. The minimum Gasteiger partial charge on any atom is -0.406 e. The van der Waals surface area contributed by atoms with Crippen molar-refractivity contribution < 1.29 is 22.7 Å². The van der Waals surface area contributed by atoms with Crippen LogP contribution in [0.5, 0.6) is 5.75 Å². The Labute approximate surface area is 252 Å². The SMILES string of the molecule is CCc1ccccc1N1/C(=N/C(=O)NC(C)c2ccc(-c3ncn(-c4ccc(OC(F)(F)F)cc4)n3)cc2)SCCC1C. The molecule has 0 saturated carbocycles. The Kier molecular flexibility index (Phi) is 9.05. The Morgan fingerprint density at radius 2 is 1.84 bits per heavy atom. The number of aryl methyl sites for hydroxylation is 1. The minimum absolute atomic E-state index is 0.227. The molecule has 2 amide bonds. The summed E-state index contributed by atoms with van der Waals surface area (Å²) in [6.45, 7) is 6.18. The number of thioether (sulfide) groups is 1. The van der Waals surface area contributed by atoms with Gasteiger partial charge in [0.1, 0.15) is 12.1 Å². The van der Waals surface area contributed by atoms with Gasteiger partial charge in [-0.25, -0.2) is 14.5 Å². The lowest BCUT2D eigenvalue weighted by atomic mass is 10.1. The second-order valence-corrected chi connectivity index (χ2v) is 11.1. The topological polar surface area (TPSA) is 84.6 Å². The molecule has 3 aromatic carbocycles. The lowest BCUT2D eigenvalue weighted by molar-refractivity contribution is -0.274. The molecule has 1 N–H and O–H groups in total. The number of carbonyl (C=O) groups excluding carboxylic acids is 1. The number of benzene rings is 3. The zero-order chi connectivity index (χ0) is 30.6. The molecular weight excluding hydrogens is 577 g/mol. The van der Waals surface area contributed by atoms with E-state index < -0.39 is 12.4 Å². The van der Waals surface area contributed by atoms with Crippen LogP contribution in [-0.2, 0) is 6.42 Å². The third kappa shape index (κ3) is 7.37. The highest BCUT2D eigenvalue weighted by Crippen LogP contribution is 2.32. The van der Waals surface area contributed by atoms with Crippen molar-refractivity contribution >= 4 is 28.6 Å². The molecule has 8 nitrogen and oxygen atoms in total. The smallest absolute Gasteiger partial charge is 0.406 e. The van der Waals surface area contributed by atoms with Crippen molar-refractivity contribution in [3.63, 3.8) is 0 Å². The number of rotatable bonds is 7. The van der Waals surface area contributed by atoms with Gasteiger partial charge in [0.2, 0.25) is 0 Å². The van der Waals surface area contributed by atoms with Gasteiger partial charge in [-0.2, -0.15) is 4.99 Å². The molecule has 224 valence electrons. The predicted molar refractivity (Wildman–Crippen MR) is 163 cm³/mol. The molecule has 43 heavy (non-hydrogen) atoms. The summed E-state index contributed by atoms with van der Waals surface area (Å²) in [5, 5.41) is 8.12. The maximum absolute atomic E-state index is 13.0. The molecule has 1 saturated heterocycles. The second kappa shape index (κ2) is 12.9. The molecule has 2 atom stereocenters. The van der Waals surface area contributed by atoms with Crippen LogP contribution in [0.3, 0.4) is 0 Å². The number of hydrogen-bond acceptors (Lipinski definition) is 5. The van der Waals surface area contributed by atoms with Crippen molar-refractivity contribution in [3.8, 4) is 22.8 Å². The van der Waals surface area contributed by atoms with E-state index in [-0.39, 0.29) is 17.8 Å². The number of urea groups is 1. The zero-order valence-corrected chi connectivity index (χ0v) is 24.7. The van der Waals surface area contributed by atoms with E-state index in [0.717, 1.165) is 35.4 Å². The highest BCUT2D eigenvalue weighted by molar-refractivity contribution is 8.14. The van der Waals surface area contributed by atoms with Gasteiger partial charge in [0, 0.05) is 23.0 Å². The van der Waals surface area contributed by atoms with Crippen molar-refractivity contribution in [2.75, 3.05) is 10.7 Å². The van der Waals surface area contributed by atoms with E-state index in [0.29, 0.717) is 16.7 Å². The molecule has 2 unspecified atom stereocenters. The number of aliphatic imine (C=N–C) groups is 1. The van der Waals surface area contributed by atoms with E-state index in [1.54, 1.807) is 11.8 Å². The summed E-state index contributed by atoms with van der Waals surface area (Å²) < 4.78 is 42.6. The fourth-order valence-corrected chi connectivity index (χ4v) is 6.01. The fourth-order valence-electron chi connectivity index (χ4n) is 4.81. The second-order valence-electron chi connectivity index (χ2n) is 10.1. The first-order valence-corrected chi connectivity index (χ1v) is 14.9. The maximum Gasteiger partial charge on any atom is 0.573 e. The molecule has 1 aliphatic rings. The summed E-state index contributed by atoms with van der Waals surface area (Å²) >= 11 is 1.59. The van der Waals surface area contributed by atoms with Crippen LogP contribution < -0.4 is 15.0 Å². The van der Waals surface area contributed by atoms with Crippen molar-refractivity contribution in [3.05, 3.63) is 90.3 Å². The number of carbonyl (C=O) groups is 1. The highest BCUT2D eigenvalue weighted by atomic mass is 32.2. The van der Waals surface area contributed by atoms with Crippen LogP contribution in [0.1, 0.15) is 44.4 Å². The Morgan fingerprint density at radius 3 is 2.53 bits per heavy atom. The molecule has 5 rings (SSSR count). The molecule has 12 heteroatoms. The van der Waals surface area contributed by atoms with Gasteiger partial charge in [0.15, 0.2) is 11.0 Å². The lowest BCUT2D eigenvalue weighted by Crippen LogP contribution is -2.42. The number of amidine groups is 1. The number of aromatic nitrogens is 3. The summed E-state index contributed by atoms with van der Waals surface area (Å²) in [4.78, 5) is 24.0. The maximum atomic E-state index is 13.0. The number of alkyl halides is 3. The van der Waals surface area contributed by atoms with Crippen LogP contribution in [0.2, 0.25) is 0 Å². The first kappa shape index (κ1) is 30.1. The third-order valence-electron chi connectivity index (χ3n) is 7.08. The zero-order valence-electron chi connectivity index (χ0n) is 23.9. The molecule has 0 aliphatic carbocycles. The molecule has 4 aromatic rings. The normalized spacial score (nSPS) is 17.1. The van der Waals surface area contributed by atoms with Crippen LogP contribution in [0, 0.1) is 0 Å². The van der Waals surface area contributed by atoms with Crippen LogP contribution in [0.25, 0.3) is 17.1 Å². The summed E-state index contributed by atoms with van der Waals surface area (Å²) in [7, 11) is 0. The number of ether oxygens (including phenoxy) is 1. The highest BCUT2D eigenvalue weighted by Gasteiger charge is 2.31. The fraction of sp³-hybridized carbons (Fsp3) is 0.290. The van der Waals surface area contributed by atoms with E-state index in [4.69, 9.17) is 0 Å². The van der Waals surface area contributed by atoms with Crippen LogP contribution in [-0.4, -0.2) is 44.1 Å². The molecule has 0 bridgehead atoms. The van der Waals surface area contributed by atoms with Gasteiger partial charge in [-0.15, -0.1) is 18.3 Å². The van der Waals surface area contributed by atoms with E-state index in [2.05, 4.69) is 56.0 Å². The Hall–Kier alpha value is -4.32. The number of nitrogens with one attached hydrogen (secondary N) is 1. The predicted octanol–water partition coefficient (Wildman–Crippen LogP) is 7.55. The summed E-state index contributed by atoms with van der Waals surface area (Å²) in [6.07, 6.45) is -1.38. The van der Waals surface area contributed by atoms with Gasteiger partial charge in [-0.1, -0.05) is 61.2 Å². The monoisotopic (exact) mass is 608 g/mol. The average Bonchev–Trinajstić information content (AvgIpc) is 3.47. The van der Waals surface area contributed by atoms with Crippen LogP contribution in [0.15, 0.2) is 84.1 Å². The summed E-state index contributed by atoms with van der Waals surface area (Å²) in [5.41, 5.74) is 4.46. The van der Waals surface area contributed by atoms with Gasteiger partial charge in [-0.3, -0.25) is 0 Å². The van der Waals surface area contributed by atoms with Gasteiger partial charge >= 0.3 is 12.4 Å². The van der Waals surface area contributed by atoms with Gasteiger partial charge in [-0.05, 0) is 68.1 Å². The van der Waals surface area contributed by atoms with E-state index in [1.807, 2.05) is 43.3 Å². The number of para-hydroxylation sites is 1.